The first kappa shape index (κ1) is 9.24. The molecule has 2 rings (SSSR count). The lowest BCUT2D eigenvalue weighted by molar-refractivity contribution is -0.132. The number of carbonyl (C=O) groups is 1. The summed E-state index contributed by atoms with van der Waals surface area (Å²) in [4.78, 5) is 13.5. The van der Waals surface area contributed by atoms with Crippen LogP contribution in [-0.4, -0.2) is 22.5 Å². The van der Waals surface area contributed by atoms with Crippen molar-refractivity contribution < 1.29 is 9.32 Å². The third kappa shape index (κ3) is 1.64. The van der Waals surface area contributed by atoms with Crippen LogP contribution >= 0.6 is 0 Å². The minimum atomic E-state index is 0.236. The summed E-state index contributed by atoms with van der Waals surface area (Å²) in [6.07, 6.45) is 4.05. The third-order valence-corrected chi connectivity index (χ3v) is 2.52. The zero-order chi connectivity index (χ0) is 9.97. The number of carbonyl (C=O) groups excluding carboxylic acids is 1. The highest BCUT2D eigenvalue weighted by Crippen LogP contribution is 2.18. The minimum Gasteiger partial charge on any atom is -0.361 e. The zero-order valence-corrected chi connectivity index (χ0v) is 8.32. The van der Waals surface area contributed by atoms with Crippen molar-refractivity contribution in [2.45, 2.75) is 32.7 Å². The fraction of sp³-hybridized carbons (Fsp3) is 0.600. The average molecular weight is 194 g/mol. The SMILES string of the molecule is CCCC(=O)N1CCc2oncc2C1. The molecule has 1 aromatic rings. The van der Waals surface area contributed by atoms with E-state index in [-0.39, 0.29) is 5.91 Å². The standard InChI is InChI=1S/C10H14N2O2/c1-2-3-10(13)12-5-4-9-8(7-12)6-11-14-9/h6H,2-5,7H2,1H3. The summed E-state index contributed by atoms with van der Waals surface area (Å²) in [6.45, 7) is 3.45. The summed E-state index contributed by atoms with van der Waals surface area (Å²) >= 11 is 0. The van der Waals surface area contributed by atoms with Crippen LogP contribution in [0.4, 0.5) is 0 Å². The molecule has 0 aliphatic carbocycles. The predicted octanol–water partition coefficient (Wildman–Crippen LogP) is 1.36. The van der Waals surface area contributed by atoms with Crippen molar-refractivity contribution in [3.8, 4) is 0 Å². The van der Waals surface area contributed by atoms with Crippen LogP contribution in [0, 0.1) is 0 Å². The van der Waals surface area contributed by atoms with E-state index in [9.17, 15) is 4.79 Å². The van der Waals surface area contributed by atoms with E-state index in [4.69, 9.17) is 4.52 Å². The Hall–Kier alpha value is -1.32. The zero-order valence-electron chi connectivity index (χ0n) is 8.32. The van der Waals surface area contributed by atoms with E-state index in [0.29, 0.717) is 13.0 Å². The first-order chi connectivity index (χ1) is 6.81. The lowest BCUT2D eigenvalue weighted by Crippen LogP contribution is -2.35. The fourth-order valence-electron chi connectivity index (χ4n) is 1.73. The molecule has 14 heavy (non-hydrogen) atoms. The van der Waals surface area contributed by atoms with Gasteiger partial charge in [-0.25, -0.2) is 0 Å². The molecular formula is C10H14N2O2. The third-order valence-electron chi connectivity index (χ3n) is 2.52. The molecule has 1 aliphatic heterocycles. The first-order valence-electron chi connectivity index (χ1n) is 5.01. The molecule has 0 N–H and O–H groups in total. The van der Waals surface area contributed by atoms with Gasteiger partial charge in [-0.1, -0.05) is 12.1 Å². The lowest BCUT2D eigenvalue weighted by Gasteiger charge is -2.25. The topological polar surface area (TPSA) is 46.3 Å². The van der Waals surface area contributed by atoms with Crippen LogP contribution in [-0.2, 0) is 17.8 Å². The Bertz CT molecular complexity index is 333. The van der Waals surface area contributed by atoms with Gasteiger partial charge >= 0.3 is 0 Å². The van der Waals surface area contributed by atoms with Crippen molar-refractivity contribution >= 4 is 5.91 Å². The molecule has 1 amide bonds. The summed E-state index contributed by atoms with van der Waals surface area (Å²) < 4.78 is 5.06. The minimum absolute atomic E-state index is 0.236. The van der Waals surface area contributed by atoms with Gasteiger partial charge < -0.3 is 9.42 Å². The molecule has 0 saturated heterocycles. The van der Waals surface area contributed by atoms with Gasteiger partial charge in [-0.2, -0.15) is 0 Å². The number of amides is 1. The molecule has 76 valence electrons. The van der Waals surface area contributed by atoms with Crippen LogP contribution < -0.4 is 0 Å². The second-order valence-corrected chi connectivity index (χ2v) is 3.59. The molecule has 0 aromatic carbocycles. The van der Waals surface area contributed by atoms with Gasteiger partial charge in [-0.15, -0.1) is 0 Å². The molecule has 1 aromatic heterocycles. The predicted molar refractivity (Wildman–Crippen MR) is 50.5 cm³/mol. The number of nitrogens with zero attached hydrogens (tertiary/aromatic N) is 2. The Labute approximate surface area is 82.9 Å². The van der Waals surface area contributed by atoms with Gasteiger partial charge in [-0.05, 0) is 6.42 Å². The normalized spacial score (nSPS) is 15.4. The Morgan fingerprint density at radius 2 is 2.57 bits per heavy atom. The Kier molecular flexibility index (Phi) is 2.52. The van der Waals surface area contributed by atoms with E-state index in [1.54, 1.807) is 6.20 Å². The molecule has 0 atom stereocenters. The van der Waals surface area contributed by atoms with Crippen LogP contribution in [0.15, 0.2) is 10.7 Å². The van der Waals surface area contributed by atoms with E-state index in [2.05, 4.69) is 5.16 Å². The molecular weight excluding hydrogens is 180 g/mol. The number of fused-ring (bicyclic) bond motifs is 1. The van der Waals surface area contributed by atoms with Crippen molar-refractivity contribution in [2.75, 3.05) is 6.54 Å². The highest BCUT2D eigenvalue weighted by molar-refractivity contribution is 5.76. The molecule has 4 nitrogen and oxygen atoms in total. The number of hydrogen-bond acceptors (Lipinski definition) is 3. The van der Waals surface area contributed by atoms with Gasteiger partial charge in [0.1, 0.15) is 5.76 Å². The highest BCUT2D eigenvalue weighted by atomic mass is 16.5. The maximum Gasteiger partial charge on any atom is 0.222 e. The molecule has 0 bridgehead atoms. The largest absolute Gasteiger partial charge is 0.361 e. The van der Waals surface area contributed by atoms with E-state index in [1.165, 1.54) is 0 Å². The monoisotopic (exact) mass is 194 g/mol. The maximum absolute atomic E-state index is 11.6. The average Bonchev–Trinajstić information content (AvgIpc) is 2.64. The lowest BCUT2D eigenvalue weighted by atomic mass is 10.1. The molecule has 0 spiro atoms. The van der Waals surface area contributed by atoms with Crippen LogP contribution in [0.2, 0.25) is 0 Å². The van der Waals surface area contributed by atoms with Crippen LogP contribution in [0.3, 0.4) is 0 Å². The summed E-state index contributed by atoms with van der Waals surface area (Å²) in [6, 6.07) is 0. The maximum atomic E-state index is 11.6. The fourth-order valence-corrected chi connectivity index (χ4v) is 1.73. The van der Waals surface area contributed by atoms with Crippen molar-refractivity contribution in [1.29, 1.82) is 0 Å². The van der Waals surface area contributed by atoms with Gasteiger partial charge in [-0.3, -0.25) is 4.79 Å². The summed E-state index contributed by atoms with van der Waals surface area (Å²) in [7, 11) is 0. The van der Waals surface area contributed by atoms with Gasteiger partial charge in [0.25, 0.3) is 0 Å². The Morgan fingerprint density at radius 1 is 1.71 bits per heavy atom. The number of aromatic nitrogens is 1. The molecule has 0 unspecified atom stereocenters. The van der Waals surface area contributed by atoms with E-state index in [0.717, 1.165) is 30.7 Å². The smallest absolute Gasteiger partial charge is 0.222 e. The molecule has 2 heterocycles. The number of hydrogen-bond donors (Lipinski definition) is 0. The van der Waals surface area contributed by atoms with E-state index < -0.39 is 0 Å². The summed E-state index contributed by atoms with van der Waals surface area (Å²) in [5, 5.41) is 3.73. The van der Waals surface area contributed by atoms with Gasteiger partial charge in [0.05, 0.1) is 12.7 Å². The van der Waals surface area contributed by atoms with Gasteiger partial charge in [0, 0.05) is 24.9 Å². The van der Waals surface area contributed by atoms with Crippen LogP contribution in [0.25, 0.3) is 0 Å². The molecule has 0 fully saturated rings. The molecule has 1 aliphatic rings. The van der Waals surface area contributed by atoms with Crippen molar-refractivity contribution in [3.05, 3.63) is 17.5 Å². The first-order valence-corrected chi connectivity index (χ1v) is 5.01. The Balaban J connectivity index is 2.04. The van der Waals surface area contributed by atoms with E-state index in [1.807, 2.05) is 11.8 Å². The quantitative estimate of drug-likeness (QED) is 0.714. The van der Waals surface area contributed by atoms with Crippen molar-refractivity contribution in [2.24, 2.45) is 0 Å². The highest BCUT2D eigenvalue weighted by Gasteiger charge is 2.22. The molecule has 4 heteroatoms. The second-order valence-electron chi connectivity index (χ2n) is 3.59. The summed E-state index contributed by atoms with van der Waals surface area (Å²) in [5.74, 6) is 1.17. The molecule has 0 saturated carbocycles. The number of rotatable bonds is 2. The Morgan fingerprint density at radius 3 is 3.36 bits per heavy atom. The van der Waals surface area contributed by atoms with Gasteiger partial charge in [0.15, 0.2) is 0 Å². The summed E-state index contributed by atoms with van der Waals surface area (Å²) in [5.41, 5.74) is 1.06. The van der Waals surface area contributed by atoms with Gasteiger partial charge in [0.2, 0.25) is 5.91 Å². The van der Waals surface area contributed by atoms with E-state index >= 15 is 0 Å². The van der Waals surface area contributed by atoms with Crippen molar-refractivity contribution in [1.82, 2.24) is 10.1 Å². The van der Waals surface area contributed by atoms with Crippen molar-refractivity contribution in [3.63, 3.8) is 0 Å². The van der Waals surface area contributed by atoms with Crippen LogP contribution in [0.5, 0.6) is 0 Å². The molecule has 0 radical (unpaired) electrons. The second kappa shape index (κ2) is 3.82. The van der Waals surface area contributed by atoms with Crippen LogP contribution in [0.1, 0.15) is 31.1 Å².